The van der Waals surface area contributed by atoms with E-state index >= 15 is 0 Å². The third-order valence-electron chi connectivity index (χ3n) is 1.63. The second-order valence-corrected chi connectivity index (χ2v) is 3.22. The van der Waals surface area contributed by atoms with Crippen LogP contribution < -0.4 is 10.8 Å². The van der Waals surface area contributed by atoms with Crippen molar-refractivity contribution in [1.29, 1.82) is 0 Å². The topological polar surface area (TPSA) is 67.4 Å². The molecule has 0 aromatic rings. The molecule has 0 rings (SSSR count). The molecule has 1 unspecified atom stereocenters. The third-order valence-corrected chi connectivity index (χ3v) is 1.63. The summed E-state index contributed by atoms with van der Waals surface area (Å²) in [5, 5.41) is 2.81. The van der Waals surface area contributed by atoms with E-state index in [2.05, 4.69) is 10.8 Å². The number of amides is 1. The van der Waals surface area contributed by atoms with Crippen molar-refractivity contribution in [3.05, 3.63) is 0 Å². The fraction of sp³-hybridized carbons (Fsp3) is 0.778. The maximum atomic E-state index is 11.4. The molecule has 14 heavy (non-hydrogen) atoms. The first-order chi connectivity index (χ1) is 6.61. The Hall–Kier alpha value is -0.940. The van der Waals surface area contributed by atoms with Crippen molar-refractivity contribution in [2.75, 3.05) is 7.05 Å². The van der Waals surface area contributed by atoms with Gasteiger partial charge in [-0.15, -0.1) is 0 Å². The second-order valence-electron chi connectivity index (χ2n) is 3.22. The number of nitrogens with one attached hydrogen (secondary N) is 2. The molecule has 1 amide bonds. The lowest BCUT2D eigenvalue weighted by Crippen LogP contribution is -2.43. The van der Waals surface area contributed by atoms with E-state index in [9.17, 15) is 9.59 Å². The number of carbonyl (C=O) groups is 2. The van der Waals surface area contributed by atoms with Crippen LogP contribution in [0.15, 0.2) is 0 Å². The first kappa shape index (κ1) is 13.1. The highest BCUT2D eigenvalue weighted by molar-refractivity contribution is 5.80. The maximum Gasteiger partial charge on any atom is 0.260 e. The van der Waals surface area contributed by atoms with Gasteiger partial charge in [0, 0.05) is 6.42 Å². The van der Waals surface area contributed by atoms with E-state index in [0.29, 0.717) is 12.8 Å². The van der Waals surface area contributed by atoms with Gasteiger partial charge < -0.3 is 10.1 Å². The monoisotopic (exact) mass is 202 g/mol. The summed E-state index contributed by atoms with van der Waals surface area (Å²) in [6, 6.07) is -0.376. The lowest BCUT2D eigenvalue weighted by Gasteiger charge is -2.15. The summed E-state index contributed by atoms with van der Waals surface area (Å²) in [4.78, 5) is 26.4. The van der Waals surface area contributed by atoms with Gasteiger partial charge in [0.15, 0.2) is 0 Å². The summed E-state index contributed by atoms with van der Waals surface area (Å²) >= 11 is 0. The molecule has 0 saturated carbocycles. The molecule has 1 atom stereocenters. The molecular weight excluding hydrogens is 184 g/mol. The van der Waals surface area contributed by atoms with E-state index in [0.717, 1.165) is 6.29 Å². The Balaban J connectivity index is 3.84. The van der Waals surface area contributed by atoms with Crippen LogP contribution in [-0.2, 0) is 14.4 Å². The van der Waals surface area contributed by atoms with Crippen molar-refractivity contribution in [2.24, 2.45) is 0 Å². The zero-order valence-electron chi connectivity index (χ0n) is 8.87. The summed E-state index contributed by atoms with van der Waals surface area (Å²) in [5.74, 6) is -0.247. The van der Waals surface area contributed by atoms with Crippen molar-refractivity contribution in [1.82, 2.24) is 10.8 Å². The molecule has 0 aromatic carbocycles. The van der Waals surface area contributed by atoms with Crippen LogP contribution in [0.25, 0.3) is 0 Å². The number of hydroxylamine groups is 1. The smallest absolute Gasteiger partial charge is 0.260 e. The number of rotatable bonds is 7. The Morgan fingerprint density at radius 2 is 2.14 bits per heavy atom. The van der Waals surface area contributed by atoms with Crippen LogP contribution in [0.4, 0.5) is 0 Å². The molecule has 5 nitrogen and oxygen atoms in total. The van der Waals surface area contributed by atoms with Gasteiger partial charge in [0.05, 0.1) is 12.1 Å². The van der Waals surface area contributed by atoms with Gasteiger partial charge in [0.25, 0.3) is 5.91 Å². The minimum atomic E-state index is -0.376. The van der Waals surface area contributed by atoms with E-state index in [1.54, 1.807) is 7.05 Å². The van der Waals surface area contributed by atoms with Gasteiger partial charge in [0.2, 0.25) is 0 Å². The standard InChI is InChI=1S/C9H18N2O3/c1-7(2)14-11-9(13)8(10-3)5-4-6-12/h6-8,10H,4-5H2,1-3H3,(H,11,13). The van der Waals surface area contributed by atoms with E-state index in [-0.39, 0.29) is 18.1 Å². The van der Waals surface area contributed by atoms with Gasteiger partial charge >= 0.3 is 0 Å². The van der Waals surface area contributed by atoms with E-state index in [4.69, 9.17) is 4.84 Å². The highest BCUT2D eigenvalue weighted by atomic mass is 16.7. The van der Waals surface area contributed by atoms with Gasteiger partial charge in [0.1, 0.15) is 6.29 Å². The molecule has 0 aliphatic rings. The largest absolute Gasteiger partial charge is 0.309 e. The van der Waals surface area contributed by atoms with Crippen molar-refractivity contribution >= 4 is 12.2 Å². The number of aldehydes is 1. The lowest BCUT2D eigenvalue weighted by molar-refractivity contribution is -0.139. The molecule has 0 radical (unpaired) electrons. The zero-order valence-corrected chi connectivity index (χ0v) is 8.87. The molecule has 5 heteroatoms. The van der Waals surface area contributed by atoms with Gasteiger partial charge in [-0.3, -0.25) is 9.63 Å². The Morgan fingerprint density at radius 3 is 2.57 bits per heavy atom. The van der Waals surface area contributed by atoms with Crippen LogP contribution in [0.3, 0.4) is 0 Å². The Morgan fingerprint density at radius 1 is 1.50 bits per heavy atom. The number of carbonyl (C=O) groups excluding carboxylic acids is 2. The van der Waals surface area contributed by atoms with Crippen molar-refractivity contribution < 1.29 is 14.4 Å². The Bertz CT molecular complexity index is 183. The Kier molecular flexibility index (Phi) is 6.96. The van der Waals surface area contributed by atoms with Gasteiger partial charge in [-0.2, -0.15) is 0 Å². The van der Waals surface area contributed by atoms with E-state index in [1.165, 1.54) is 0 Å². The molecule has 0 spiro atoms. The lowest BCUT2D eigenvalue weighted by atomic mass is 10.1. The fourth-order valence-corrected chi connectivity index (χ4v) is 0.888. The number of hydrogen-bond acceptors (Lipinski definition) is 4. The van der Waals surface area contributed by atoms with Crippen LogP contribution in [0.1, 0.15) is 26.7 Å². The summed E-state index contributed by atoms with van der Waals surface area (Å²) in [5.41, 5.74) is 2.32. The maximum absolute atomic E-state index is 11.4. The number of likely N-dealkylation sites (N-methyl/N-ethyl adjacent to an activating group) is 1. The molecule has 0 fully saturated rings. The molecule has 0 bridgehead atoms. The van der Waals surface area contributed by atoms with Gasteiger partial charge in [-0.05, 0) is 27.3 Å². The molecule has 0 saturated heterocycles. The van der Waals surface area contributed by atoms with E-state index in [1.807, 2.05) is 13.8 Å². The van der Waals surface area contributed by atoms with Crippen molar-refractivity contribution in [2.45, 2.75) is 38.8 Å². The van der Waals surface area contributed by atoms with Crippen LogP contribution in [0, 0.1) is 0 Å². The molecule has 0 aliphatic heterocycles. The highest BCUT2D eigenvalue weighted by Crippen LogP contribution is 1.95. The molecule has 2 N–H and O–H groups in total. The second kappa shape index (κ2) is 7.46. The number of hydrogen-bond donors (Lipinski definition) is 2. The summed E-state index contributed by atoms with van der Waals surface area (Å²) in [7, 11) is 1.67. The van der Waals surface area contributed by atoms with Crippen LogP contribution in [0.2, 0.25) is 0 Å². The normalized spacial score (nSPS) is 12.6. The van der Waals surface area contributed by atoms with Crippen LogP contribution >= 0.6 is 0 Å². The van der Waals surface area contributed by atoms with Gasteiger partial charge in [-0.25, -0.2) is 5.48 Å². The molecule has 0 aliphatic carbocycles. The average Bonchev–Trinajstić information content (AvgIpc) is 2.16. The average molecular weight is 202 g/mol. The minimum absolute atomic E-state index is 0.0532. The first-order valence-electron chi connectivity index (χ1n) is 4.68. The van der Waals surface area contributed by atoms with Crippen LogP contribution in [-0.4, -0.2) is 31.4 Å². The Labute approximate surface area is 84.1 Å². The third kappa shape index (κ3) is 5.66. The summed E-state index contributed by atoms with van der Waals surface area (Å²) in [6.07, 6.45) is 1.58. The quantitative estimate of drug-likeness (QED) is 0.451. The first-order valence-corrected chi connectivity index (χ1v) is 4.68. The summed E-state index contributed by atoms with van der Waals surface area (Å²) in [6.45, 7) is 3.64. The SMILES string of the molecule is CNC(CCC=O)C(=O)NOC(C)C. The molecular formula is C9H18N2O3. The highest BCUT2D eigenvalue weighted by Gasteiger charge is 2.15. The van der Waals surface area contributed by atoms with Crippen molar-refractivity contribution in [3.8, 4) is 0 Å². The minimum Gasteiger partial charge on any atom is -0.309 e. The van der Waals surface area contributed by atoms with Crippen LogP contribution in [0.5, 0.6) is 0 Å². The zero-order chi connectivity index (χ0) is 11.0. The fourth-order valence-electron chi connectivity index (χ4n) is 0.888. The summed E-state index contributed by atoms with van der Waals surface area (Å²) < 4.78 is 0. The molecule has 0 aromatic heterocycles. The van der Waals surface area contributed by atoms with Crippen molar-refractivity contribution in [3.63, 3.8) is 0 Å². The van der Waals surface area contributed by atoms with E-state index < -0.39 is 0 Å². The predicted molar refractivity (Wildman–Crippen MR) is 52.5 cm³/mol. The molecule has 0 heterocycles. The predicted octanol–water partition coefficient (Wildman–Crippen LogP) is 0.00970. The molecule has 82 valence electrons. The van der Waals surface area contributed by atoms with Gasteiger partial charge in [-0.1, -0.05) is 0 Å².